The fraction of sp³-hybridized carbons (Fsp3) is 0.250. The molecule has 0 radical (unpaired) electrons. The van der Waals surface area contributed by atoms with Gasteiger partial charge in [-0.2, -0.15) is 0 Å². The average Bonchev–Trinajstić information content (AvgIpc) is 2.42. The van der Waals surface area contributed by atoms with Gasteiger partial charge >= 0.3 is 0 Å². The van der Waals surface area contributed by atoms with Crippen LogP contribution in [0.4, 0.5) is 4.39 Å². The van der Waals surface area contributed by atoms with Gasteiger partial charge in [-0.25, -0.2) is 4.39 Å². The second-order valence-electron chi connectivity index (χ2n) is 4.68. The highest BCUT2D eigenvalue weighted by molar-refractivity contribution is 6.31. The Morgan fingerprint density at radius 1 is 1.16 bits per heavy atom. The molecule has 0 amide bonds. The van der Waals surface area contributed by atoms with Crippen molar-refractivity contribution in [1.82, 2.24) is 5.32 Å². The summed E-state index contributed by atoms with van der Waals surface area (Å²) in [5.74, 6) is 0.131. The molecule has 1 N–H and O–H groups in total. The van der Waals surface area contributed by atoms with E-state index in [1.54, 1.807) is 6.07 Å². The van der Waals surface area contributed by atoms with E-state index in [1.807, 2.05) is 18.2 Å². The molecular formula is C16H17ClFN. The minimum absolute atomic E-state index is 0.300. The van der Waals surface area contributed by atoms with Crippen molar-refractivity contribution in [2.45, 2.75) is 19.4 Å². The van der Waals surface area contributed by atoms with Crippen LogP contribution in [0, 0.1) is 5.82 Å². The Kier molecular flexibility index (Phi) is 4.94. The predicted molar refractivity (Wildman–Crippen MR) is 78.0 cm³/mol. The number of halogens is 2. The maximum Gasteiger partial charge on any atom is 0.124 e. The van der Waals surface area contributed by atoms with Crippen molar-refractivity contribution in [2.75, 3.05) is 6.54 Å². The first-order valence-corrected chi connectivity index (χ1v) is 6.74. The maximum atomic E-state index is 12.9. The third-order valence-electron chi connectivity index (χ3n) is 3.15. The Morgan fingerprint density at radius 3 is 2.58 bits per heavy atom. The molecule has 3 heteroatoms. The van der Waals surface area contributed by atoms with Crippen LogP contribution in [0.5, 0.6) is 0 Å². The summed E-state index contributed by atoms with van der Waals surface area (Å²) in [5.41, 5.74) is 2.23. The van der Waals surface area contributed by atoms with Crippen molar-refractivity contribution < 1.29 is 4.39 Å². The summed E-state index contributed by atoms with van der Waals surface area (Å²) in [7, 11) is 0. The Labute approximate surface area is 118 Å². The SMILES string of the molecule is CC(CNCc1ccc(F)cc1Cl)c1ccccc1. The molecule has 2 aromatic carbocycles. The second-order valence-corrected chi connectivity index (χ2v) is 5.09. The van der Waals surface area contributed by atoms with E-state index in [0.717, 1.165) is 12.1 Å². The highest BCUT2D eigenvalue weighted by atomic mass is 35.5. The van der Waals surface area contributed by atoms with E-state index in [4.69, 9.17) is 11.6 Å². The lowest BCUT2D eigenvalue weighted by molar-refractivity contribution is 0.609. The van der Waals surface area contributed by atoms with Crippen LogP contribution in [0.3, 0.4) is 0 Å². The topological polar surface area (TPSA) is 12.0 Å². The van der Waals surface area contributed by atoms with Gasteiger partial charge in [0.05, 0.1) is 0 Å². The van der Waals surface area contributed by atoms with Gasteiger partial charge in [0.25, 0.3) is 0 Å². The van der Waals surface area contributed by atoms with Gasteiger partial charge in [-0.3, -0.25) is 0 Å². The molecule has 0 fully saturated rings. The zero-order valence-corrected chi connectivity index (χ0v) is 11.6. The van der Waals surface area contributed by atoms with E-state index in [0.29, 0.717) is 17.5 Å². The highest BCUT2D eigenvalue weighted by Gasteiger charge is 2.05. The number of hydrogen-bond donors (Lipinski definition) is 1. The Bertz CT molecular complexity index is 528. The molecule has 1 nitrogen and oxygen atoms in total. The molecule has 0 saturated heterocycles. The quantitative estimate of drug-likeness (QED) is 0.856. The van der Waals surface area contributed by atoms with E-state index in [2.05, 4.69) is 24.4 Å². The summed E-state index contributed by atoms with van der Waals surface area (Å²) in [4.78, 5) is 0. The number of hydrogen-bond acceptors (Lipinski definition) is 1. The fourth-order valence-corrected chi connectivity index (χ4v) is 2.22. The van der Waals surface area contributed by atoms with E-state index in [9.17, 15) is 4.39 Å². The normalized spacial score (nSPS) is 12.4. The van der Waals surface area contributed by atoms with Gasteiger partial charge in [0.1, 0.15) is 5.82 Å². The van der Waals surface area contributed by atoms with Crippen molar-refractivity contribution >= 4 is 11.6 Å². The van der Waals surface area contributed by atoms with E-state index in [1.165, 1.54) is 17.7 Å². The van der Waals surface area contributed by atoms with Crippen molar-refractivity contribution in [3.63, 3.8) is 0 Å². The largest absolute Gasteiger partial charge is 0.312 e. The van der Waals surface area contributed by atoms with Gasteiger partial charge < -0.3 is 5.32 Å². The lowest BCUT2D eigenvalue weighted by atomic mass is 10.0. The molecule has 0 aromatic heterocycles. The molecule has 0 aliphatic rings. The molecule has 2 aromatic rings. The summed E-state index contributed by atoms with van der Waals surface area (Å²) in [6, 6.07) is 14.8. The van der Waals surface area contributed by atoms with Crippen molar-refractivity contribution in [3.05, 3.63) is 70.5 Å². The Balaban J connectivity index is 1.86. The van der Waals surface area contributed by atoms with Crippen molar-refractivity contribution in [2.24, 2.45) is 0 Å². The fourth-order valence-electron chi connectivity index (χ4n) is 1.99. The van der Waals surface area contributed by atoms with Crippen LogP contribution in [0.25, 0.3) is 0 Å². The van der Waals surface area contributed by atoms with Crippen LogP contribution < -0.4 is 5.32 Å². The second kappa shape index (κ2) is 6.69. The number of nitrogens with one attached hydrogen (secondary N) is 1. The van der Waals surface area contributed by atoms with Crippen LogP contribution in [0.1, 0.15) is 24.0 Å². The van der Waals surface area contributed by atoms with Crippen LogP contribution in [-0.2, 0) is 6.54 Å². The molecule has 2 rings (SSSR count). The van der Waals surface area contributed by atoms with E-state index in [-0.39, 0.29) is 5.82 Å². The molecule has 0 spiro atoms. The molecule has 1 unspecified atom stereocenters. The molecule has 0 bridgehead atoms. The average molecular weight is 278 g/mol. The lowest BCUT2D eigenvalue weighted by Crippen LogP contribution is -2.19. The van der Waals surface area contributed by atoms with Crippen molar-refractivity contribution in [1.29, 1.82) is 0 Å². The lowest BCUT2D eigenvalue weighted by Gasteiger charge is -2.13. The van der Waals surface area contributed by atoms with E-state index >= 15 is 0 Å². The summed E-state index contributed by atoms with van der Waals surface area (Å²) in [6.45, 7) is 3.68. The molecule has 0 aliphatic heterocycles. The summed E-state index contributed by atoms with van der Waals surface area (Å²) < 4.78 is 12.9. The van der Waals surface area contributed by atoms with Crippen LogP contribution >= 0.6 is 11.6 Å². The minimum atomic E-state index is -0.300. The monoisotopic (exact) mass is 277 g/mol. The highest BCUT2D eigenvalue weighted by Crippen LogP contribution is 2.18. The smallest absolute Gasteiger partial charge is 0.124 e. The van der Waals surface area contributed by atoms with Gasteiger partial charge in [-0.1, -0.05) is 54.9 Å². The molecule has 19 heavy (non-hydrogen) atoms. The van der Waals surface area contributed by atoms with Crippen molar-refractivity contribution in [3.8, 4) is 0 Å². The number of benzene rings is 2. The molecular weight excluding hydrogens is 261 g/mol. The van der Waals surface area contributed by atoms with Gasteiger partial charge in [0.15, 0.2) is 0 Å². The summed E-state index contributed by atoms with van der Waals surface area (Å²) in [5, 5.41) is 3.83. The summed E-state index contributed by atoms with van der Waals surface area (Å²) >= 11 is 5.98. The zero-order chi connectivity index (χ0) is 13.7. The van der Waals surface area contributed by atoms with Gasteiger partial charge in [-0.15, -0.1) is 0 Å². The zero-order valence-electron chi connectivity index (χ0n) is 10.9. The molecule has 100 valence electrons. The molecule has 0 heterocycles. The van der Waals surface area contributed by atoms with E-state index < -0.39 is 0 Å². The molecule has 0 saturated carbocycles. The van der Waals surface area contributed by atoms with Crippen LogP contribution in [0.15, 0.2) is 48.5 Å². The van der Waals surface area contributed by atoms with Gasteiger partial charge in [0.2, 0.25) is 0 Å². The predicted octanol–water partition coefficient (Wildman–Crippen LogP) is 4.37. The van der Waals surface area contributed by atoms with Gasteiger partial charge in [0, 0.05) is 18.1 Å². The Hall–Kier alpha value is -1.38. The summed E-state index contributed by atoms with van der Waals surface area (Å²) in [6.07, 6.45) is 0. The van der Waals surface area contributed by atoms with Crippen LogP contribution in [0.2, 0.25) is 5.02 Å². The first-order chi connectivity index (χ1) is 9.16. The standard InChI is InChI=1S/C16H17ClFN/c1-12(13-5-3-2-4-6-13)10-19-11-14-7-8-15(18)9-16(14)17/h2-9,12,19H,10-11H2,1H3. The van der Waals surface area contributed by atoms with Gasteiger partial charge in [-0.05, 0) is 29.2 Å². The minimum Gasteiger partial charge on any atom is -0.312 e. The van der Waals surface area contributed by atoms with Crippen LogP contribution in [-0.4, -0.2) is 6.54 Å². The third kappa shape index (κ3) is 4.05. The Morgan fingerprint density at radius 2 is 1.89 bits per heavy atom. The molecule has 1 atom stereocenters. The third-order valence-corrected chi connectivity index (χ3v) is 3.50. The molecule has 0 aliphatic carbocycles. The first-order valence-electron chi connectivity index (χ1n) is 6.36. The number of rotatable bonds is 5. The maximum absolute atomic E-state index is 12.9. The first kappa shape index (κ1) is 14.0.